The predicted molar refractivity (Wildman–Crippen MR) is 63.3 cm³/mol. The van der Waals surface area contributed by atoms with E-state index >= 15 is 0 Å². The van der Waals surface area contributed by atoms with E-state index in [1.807, 2.05) is 4.90 Å². The van der Waals surface area contributed by atoms with E-state index in [9.17, 15) is 9.59 Å². The molecule has 0 radical (unpaired) electrons. The lowest BCUT2D eigenvalue weighted by atomic mass is 9.97. The molecule has 2 heterocycles. The van der Waals surface area contributed by atoms with Crippen LogP contribution in [0.3, 0.4) is 0 Å². The highest BCUT2D eigenvalue weighted by Crippen LogP contribution is 2.21. The van der Waals surface area contributed by atoms with Crippen LogP contribution >= 0.6 is 0 Å². The molecule has 8 nitrogen and oxygen atoms in total. The van der Waals surface area contributed by atoms with Crippen molar-refractivity contribution in [3.8, 4) is 0 Å². The Hall–Kier alpha value is -2.12. The summed E-state index contributed by atoms with van der Waals surface area (Å²) >= 11 is 0. The molecule has 3 N–H and O–H groups in total. The molecule has 1 amide bonds. The molecular weight excluding hydrogens is 238 g/mol. The molecule has 1 aromatic heterocycles. The van der Waals surface area contributed by atoms with E-state index < -0.39 is 5.97 Å². The van der Waals surface area contributed by atoms with Crippen molar-refractivity contribution in [3.63, 3.8) is 0 Å². The number of H-pyrrole nitrogens is 1. The number of aliphatic carboxylic acids is 1. The molecule has 0 unspecified atom stereocenters. The number of carboxylic acids is 1. The van der Waals surface area contributed by atoms with Crippen molar-refractivity contribution in [2.75, 3.05) is 23.3 Å². The third-order valence-electron chi connectivity index (χ3n) is 2.90. The summed E-state index contributed by atoms with van der Waals surface area (Å²) in [5, 5.41) is 18.0. The monoisotopic (exact) mass is 253 g/mol. The van der Waals surface area contributed by atoms with E-state index in [1.165, 1.54) is 6.92 Å². The lowest BCUT2D eigenvalue weighted by Gasteiger charge is -2.28. The fraction of sp³-hybridized carbons (Fsp3) is 0.600. The maximum Gasteiger partial charge on any atom is 0.306 e. The molecule has 1 aromatic rings. The Kier molecular flexibility index (Phi) is 3.45. The summed E-state index contributed by atoms with van der Waals surface area (Å²) in [6.07, 6.45) is 1.17. The fourth-order valence-electron chi connectivity index (χ4n) is 1.94. The molecule has 1 fully saturated rings. The lowest BCUT2D eigenvalue weighted by molar-refractivity contribution is -0.142. The average Bonchev–Trinajstić information content (AvgIpc) is 2.76. The molecule has 0 bridgehead atoms. The highest BCUT2D eigenvalue weighted by atomic mass is 16.4. The van der Waals surface area contributed by atoms with Crippen LogP contribution in [0.25, 0.3) is 0 Å². The summed E-state index contributed by atoms with van der Waals surface area (Å²) in [4.78, 5) is 27.7. The van der Waals surface area contributed by atoms with E-state index in [-0.39, 0.29) is 11.8 Å². The zero-order chi connectivity index (χ0) is 13.1. The quantitative estimate of drug-likeness (QED) is 0.702. The van der Waals surface area contributed by atoms with Crippen LogP contribution in [0.15, 0.2) is 0 Å². The highest BCUT2D eigenvalue weighted by Gasteiger charge is 2.26. The summed E-state index contributed by atoms with van der Waals surface area (Å²) in [5.74, 6) is -0.457. The molecule has 1 aliphatic rings. The molecule has 0 aliphatic carbocycles. The Morgan fingerprint density at radius 3 is 2.67 bits per heavy atom. The van der Waals surface area contributed by atoms with Gasteiger partial charge in [-0.05, 0) is 12.8 Å². The summed E-state index contributed by atoms with van der Waals surface area (Å²) in [6, 6.07) is 0. The van der Waals surface area contributed by atoms with Crippen LogP contribution in [0, 0.1) is 5.92 Å². The average molecular weight is 253 g/mol. The van der Waals surface area contributed by atoms with Gasteiger partial charge in [0, 0.05) is 20.0 Å². The number of aromatic amines is 1. The van der Waals surface area contributed by atoms with Gasteiger partial charge in [0.1, 0.15) is 0 Å². The number of anilines is 2. The topological polar surface area (TPSA) is 111 Å². The molecule has 1 saturated heterocycles. The number of carboxylic acid groups (broad SMARTS) is 1. The van der Waals surface area contributed by atoms with Crippen LogP contribution in [0.4, 0.5) is 11.9 Å². The molecule has 0 saturated carbocycles. The van der Waals surface area contributed by atoms with Gasteiger partial charge in [-0.3, -0.25) is 14.9 Å². The van der Waals surface area contributed by atoms with Crippen LogP contribution in [0.1, 0.15) is 19.8 Å². The second kappa shape index (κ2) is 5.03. The Morgan fingerprint density at radius 2 is 2.11 bits per heavy atom. The molecule has 8 heteroatoms. The van der Waals surface area contributed by atoms with Crippen LogP contribution in [0.2, 0.25) is 0 Å². The van der Waals surface area contributed by atoms with Crippen LogP contribution in [0.5, 0.6) is 0 Å². The first-order valence-corrected chi connectivity index (χ1v) is 5.74. The third kappa shape index (κ3) is 2.76. The van der Waals surface area contributed by atoms with Gasteiger partial charge in [0.25, 0.3) is 0 Å². The molecule has 1 aliphatic heterocycles. The van der Waals surface area contributed by atoms with E-state index in [4.69, 9.17) is 5.11 Å². The van der Waals surface area contributed by atoms with Crippen molar-refractivity contribution in [2.45, 2.75) is 19.8 Å². The number of piperidine rings is 1. The van der Waals surface area contributed by atoms with Gasteiger partial charge in [-0.1, -0.05) is 0 Å². The minimum absolute atomic E-state index is 0.220. The van der Waals surface area contributed by atoms with E-state index in [1.54, 1.807) is 0 Å². The minimum atomic E-state index is -0.747. The van der Waals surface area contributed by atoms with E-state index in [0.29, 0.717) is 37.8 Å². The predicted octanol–water partition coefficient (Wildman–Crippen LogP) is 0.0641. The Balaban J connectivity index is 1.95. The van der Waals surface area contributed by atoms with Gasteiger partial charge in [-0.25, -0.2) is 5.10 Å². The normalized spacial score (nSPS) is 16.6. The first kappa shape index (κ1) is 12.3. The van der Waals surface area contributed by atoms with Crippen LogP contribution < -0.4 is 10.2 Å². The number of carbonyl (C=O) groups excluding carboxylic acids is 1. The van der Waals surface area contributed by atoms with Crippen LogP contribution in [-0.2, 0) is 9.59 Å². The van der Waals surface area contributed by atoms with Gasteiger partial charge in [0.2, 0.25) is 17.8 Å². The van der Waals surface area contributed by atoms with Gasteiger partial charge in [-0.2, -0.15) is 4.98 Å². The summed E-state index contributed by atoms with van der Waals surface area (Å²) in [6.45, 7) is 2.60. The summed E-state index contributed by atoms with van der Waals surface area (Å²) in [7, 11) is 0. The maximum absolute atomic E-state index is 10.8. The highest BCUT2D eigenvalue weighted by molar-refractivity contribution is 5.86. The zero-order valence-corrected chi connectivity index (χ0v) is 10.0. The number of nitrogens with one attached hydrogen (secondary N) is 2. The Morgan fingerprint density at radius 1 is 1.44 bits per heavy atom. The molecule has 0 spiro atoms. The maximum atomic E-state index is 10.8. The van der Waals surface area contributed by atoms with Gasteiger partial charge < -0.3 is 10.0 Å². The first-order chi connectivity index (χ1) is 8.56. The molecule has 0 atom stereocenters. The number of amides is 1. The number of rotatable bonds is 3. The zero-order valence-electron chi connectivity index (χ0n) is 10.0. The first-order valence-electron chi connectivity index (χ1n) is 5.74. The van der Waals surface area contributed by atoms with Crippen molar-refractivity contribution in [1.29, 1.82) is 0 Å². The molecule has 0 aromatic carbocycles. The number of carbonyl (C=O) groups is 2. The number of hydrogen-bond acceptors (Lipinski definition) is 5. The number of nitrogens with zero attached hydrogens (tertiary/aromatic N) is 3. The second-order valence-electron chi connectivity index (χ2n) is 4.26. The lowest BCUT2D eigenvalue weighted by Crippen LogP contribution is -2.36. The number of hydrogen-bond donors (Lipinski definition) is 3. The third-order valence-corrected chi connectivity index (χ3v) is 2.90. The Bertz CT molecular complexity index is 450. The molecule has 18 heavy (non-hydrogen) atoms. The van der Waals surface area contributed by atoms with Crippen LogP contribution in [-0.4, -0.2) is 45.3 Å². The van der Waals surface area contributed by atoms with Crippen molar-refractivity contribution >= 4 is 23.8 Å². The van der Waals surface area contributed by atoms with Crippen molar-refractivity contribution in [3.05, 3.63) is 0 Å². The van der Waals surface area contributed by atoms with Gasteiger partial charge in [0.05, 0.1) is 5.92 Å². The van der Waals surface area contributed by atoms with Gasteiger partial charge in [0.15, 0.2) is 0 Å². The van der Waals surface area contributed by atoms with Gasteiger partial charge >= 0.3 is 5.97 Å². The van der Waals surface area contributed by atoms with Crippen molar-refractivity contribution in [2.24, 2.45) is 5.92 Å². The standard InChI is InChI=1S/C10H15N5O3/c1-6(16)11-9-12-10(14-13-9)15-4-2-7(3-5-15)8(17)18/h7H,2-5H2,1H3,(H,17,18)(H2,11,12,13,14,16). The van der Waals surface area contributed by atoms with Crippen molar-refractivity contribution < 1.29 is 14.7 Å². The van der Waals surface area contributed by atoms with E-state index in [0.717, 1.165) is 0 Å². The van der Waals surface area contributed by atoms with Crippen molar-refractivity contribution in [1.82, 2.24) is 15.2 Å². The smallest absolute Gasteiger partial charge is 0.306 e. The largest absolute Gasteiger partial charge is 0.481 e. The Labute approximate surface area is 103 Å². The van der Waals surface area contributed by atoms with Gasteiger partial charge in [-0.15, -0.1) is 5.10 Å². The molecular formula is C10H15N5O3. The minimum Gasteiger partial charge on any atom is -0.481 e. The fourth-order valence-corrected chi connectivity index (χ4v) is 1.94. The summed E-state index contributed by atoms with van der Waals surface area (Å²) < 4.78 is 0. The second-order valence-corrected chi connectivity index (χ2v) is 4.26. The molecule has 2 rings (SSSR count). The SMILES string of the molecule is CC(=O)Nc1nc(N2CCC(C(=O)O)CC2)n[nH]1. The molecule has 98 valence electrons. The van der Waals surface area contributed by atoms with E-state index in [2.05, 4.69) is 20.5 Å². The number of aromatic nitrogens is 3. The summed E-state index contributed by atoms with van der Waals surface area (Å²) in [5.41, 5.74) is 0.